The molecule has 1 aliphatic carbocycles. The average molecular weight is 199 g/mol. The third kappa shape index (κ3) is 3.36. The number of rotatable bonds is 1. The van der Waals surface area contributed by atoms with Gasteiger partial charge in [0.2, 0.25) is 0 Å². The molecular formula is C10H17NO3. The molecule has 0 saturated heterocycles. The van der Waals surface area contributed by atoms with Gasteiger partial charge in [0.15, 0.2) is 11.9 Å². The summed E-state index contributed by atoms with van der Waals surface area (Å²) in [4.78, 5) is 14.6. The molecular weight excluding hydrogens is 182 g/mol. The Morgan fingerprint density at radius 1 is 1.43 bits per heavy atom. The van der Waals surface area contributed by atoms with Gasteiger partial charge < -0.3 is 9.47 Å². The van der Waals surface area contributed by atoms with Gasteiger partial charge in [-0.1, -0.05) is 25.7 Å². The Kier molecular flexibility index (Phi) is 4.43. The molecule has 80 valence electrons. The van der Waals surface area contributed by atoms with E-state index in [4.69, 9.17) is 4.74 Å². The molecule has 1 heterocycles. The Balaban J connectivity index is 0.000000203. The highest BCUT2D eigenvalue weighted by Crippen LogP contribution is 2.15. The van der Waals surface area contributed by atoms with E-state index in [1.54, 1.807) is 6.92 Å². The second kappa shape index (κ2) is 5.62. The van der Waals surface area contributed by atoms with Gasteiger partial charge in [-0.25, -0.2) is 9.79 Å². The summed E-state index contributed by atoms with van der Waals surface area (Å²) in [5.41, 5.74) is 0. The molecule has 4 heteroatoms. The standard InChI is InChI=1S/C6H9NO3.C4H8/c1-4-7-5(3-10-4)6(8)9-2;1-2-4-3-1/h5H,3H2,1-2H3;1-4H2. The highest BCUT2D eigenvalue weighted by molar-refractivity contribution is 5.84. The van der Waals surface area contributed by atoms with E-state index in [1.165, 1.54) is 32.8 Å². The Bertz CT molecular complexity index is 217. The van der Waals surface area contributed by atoms with E-state index in [0.29, 0.717) is 12.5 Å². The molecule has 0 aromatic heterocycles. The summed E-state index contributed by atoms with van der Waals surface area (Å²) in [7, 11) is 1.34. The van der Waals surface area contributed by atoms with Crippen molar-refractivity contribution in [3.8, 4) is 0 Å². The molecule has 0 spiro atoms. The average Bonchev–Trinajstić information content (AvgIpc) is 2.47. The minimum atomic E-state index is -0.440. The van der Waals surface area contributed by atoms with Crippen LogP contribution in [0.15, 0.2) is 4.99 Å². The quantitative estimate of drug-likeness (QED) is 0.602. The Hall–Kier alpha value is -1.06. The van der Waals surface area contributed by atoms with Gasteiger partial charge in [0.1, 0.15) is 6.61 Å². The van der Waals surface area contributed by atoms with Gasteiger partial charge in [-0.3, -0.25) is 0 Å². The van der Waals surface area contributed by atoms with E-state index < -0.39 is 6.04 Å². The largest absolute Gasteiger partial charge is 0.478 e. The Labute approximate surface area is 84.3 Å². The molecule has 2 aliphatic rings. The van der Waals surface area contributed by atoms with Crippen LogP contribution in [0.2, 0.25) is 0 Å². The molecule has 1 aliphatic heterocycles. The predicted molar refractivity (Wildman–Crippen MR) is 53.3 cm³/mol. The van der Waals surface area contributed by atoms with E-state index in [1.807, 2.05) is 0 Å². The summed E-state index contributed by atoms with van der Waals surface area (Å²) in [6.07, 6.45) is 6.00. The first-order valence-corrected chi connectivity index (χ1v) is 4.99. The summed E-state index contributed by atoms with van der Waals surface area (Å²) < 4.78 is 9.39. The fourth-order valence-electron chi connectivity index (χ4n) is 1.00. The van der Waals surface area contributed by atoms with Crippen molar-refractivity contribution in [3.63, 3.8) is 0 Å². The van der Waals surface area contributed by atoms with Gasteiger partial charge in [0, 0.05) is 6.92 Å². The molecule has 1 saturated carbocycles. The van der Waals surface area contributed by atoms with Gasteiger partial charge in [-0.15, -0.1) is 0 Å². The molecule has 14 heavy (non-hydrogen) atoms. The second-order valence-electron chi connectivity index (χ2n) is 3.41. The smallest absolute Gasteiger partial charge is 0.334 e. The van der Waals surface area contributed by atoms with Gasteiger partial charge in [-0.05, 0) is 0 Å². The molecule has 0 N–H and O–H groups in total. The van der Waals surface area contributed by atoms with Crippen molar-refractivity contribution in [2.24, 2.45) is 4.99 Å². The lowest BCUT2D eigenvalue weighted by molar-refractivity contribution is -0.142. The van der Waals surface area contributed by atoms with Crippen LogP contribution in [-0.4, -0.2) is 31.6 Å². The summed E-state index contributed by atoms with van der Waals surface area (Å²) in [6, 6.07) is -0.440. The number of ether oxygens (including phenoxy) is 2. The molecule has 0 aromatic carbocycles. The second-order valence-corrected chi connectivity index (χ2v) is 3.41. The number of hydrogen-bond acceptors (Lipinski definition) is 4. The van der Waals surface area contributed by atoms with Crippen molar-refractivity contribution in [1.82, 2.24) is 0 Å². The minimum absolute atomic E-state index is 0.318. The highest BCUT2D eigenvalue weighted by Gasteiger charge is 2.23. The van der Waals surface area contributed by atoms with E-state index in [2.05, 4.69) is 9.73 Å². The van der Waals surface area contributed by atoms with Crippen LogP contribution in [-0.2, 0) is 14.3 Å². The van der Waals surface area contributed by atoms with Crippen LogP contribution in [0.3, 0.4) is 0 Å². The Morgan fingerprint density at radius 3 is 2.29 bits per heavy atom. The van der Waals surface area contributed by atoms with Crippen LogP contribution in [0.1, 0.15) is 32.6 Å². The highest BCUT2D eigenvalue weighted by atomic mass is 16.5. The molecule has 1 fully saturated rings. The molecule has 2 rings (SSSR count). The number of carbonyl (C=O) groups is 1. The first-order valence-electron chi connectivity index (χ1n) is 4.99. The third-order valence-corrected chi connectivity index (χ3v) is 2.26. The molecule has 4 nitrogen and oxygen atoms in total. The van der Waals surface area contributed by atoms with Gasteiger partial charge >= 0.3 is 5.97 Å². The summed E-state index contributed by atoms with van der Waals surface area (Å²) in [5.74, 6) is 0.215. The van der Waals surface area contributed by atoms with Gasteiger partial charge in [-0.2, -0.15) is 0 Å². The number of hydrogen-bond donors (Lipinski definition) is 0. The van der Waals surface area contributed by atoms with Crippen LogP contribution in [0.5, 0.6) is 0 Å². The summed E-state index contributed by atoms with van der Waals surface area (Å²) in [6.45, 7) is 2.03. The number of nitrogens with zero attached hydrogens (tertiary/aromatic N) is 1. The van der Waals surface area contributed by atoms with Crippen LogP contribution >= 0.6 is 0 Å². The van der Waals surface area contributed by atoms with E-state index in [-0.39, 0.29) is 5.97 Å². The third-order valence-electron chi connectivity index (χ3n) is 2.26. The van der Waals surface area contributed by atoms with Crippen molar-refractivity contribution in [2.45, 2.75) is 38.6 Å². The molecule has 0 amide bonds. The molecule has 0 bridgehead atoms. The number of aliphatic imine (C=N–C) groups is 1. The fourth-order valence-corrected chi connectivity index (χ4v) is 1.00. The summed E-state index contributed by atoms with van der Waals surface area (Å²) >= 11 is 0. The zero-order valence-corrected chi connectivity index (χ0v) is 8.78. The summed E-state index contributed by atoms with van der Waals surface area (Å²) in [5, 5.41) is 0. The van der Waals surface area contributed by atoms with Gasteiger partial charge in [0.05, 0.1) is 7.11 Å². The fraction of sp³-hybridized carbons (Fsp3) is 0.800. The minimum Gasteiger partial charge on any atom is -0.478 e. The predicted octanol–water partition coefficient (Wildman–Crippen LogP) is 1.54. The van der Waals surface area contributed by atoms with Crippen molar-refractivity contribution in [3.05, 3.63) is 0 Å². The topological polar surface area (TPSA) is 47.9 Å². The van der Waals surface area contributed by atoms with Crippen LogP contribution in [0, 0.1) is 0 Å². The molecule has 0 aromatic rings. The SMILES string of the molecule is C1CCC1.COC(=O)C1COC(C)=N1. The Morgan fingerprint density at radius 2 is 2.00 bits per heavy atom. The van der Waals surface area contributed by atoms with Gasteiger partial charge in [0.25, 0.3) is 0 Å². The lowest BCUT2D eigenvalue weighted by Crippen LogP contribution is -2.21. The molecule has 1 unspecified atom stereocenters. The lowest BCUT2D eigenvalue weighted by atomic mass is 10.0. The first kappa shape index (κ1) is 11.0. The van der Waals surface area contributed by atoms with E-state index in [9.17, 15) is 4.79 Å². The normalized spacial score (nSPS) is 23.6. The monoisotopic (exact) mass is 199 g/mol. The van der Waals surface area contributed by atoms with Crippen molar-refractivity contribution in [2.75, 3.05) is 13.7 Å². The van der Waals surface area contributed by atoms with Crippen LogP contribution in [0.25, 0.3) is 0 Å². The maximum Gasteiger partial charge on any atom is 0.334 e. The molecule has 0 radical (unpaired) electrons. The zero-order chi connectivity index (χ0) is 10.4. The van der Waals surface area contributed by atoms with Crippen molar-refractivity contribution < 1.29 is 14.3 Å². The maximum absolute atomic E-state index is 10.8. The van der Waals surface area contributed by atoms with Crippen molar-refractivity contribution in [1.29, 1.82) is 0 Å². The van der Waals surface area contributed by atoms with E-state index in [0.717, 1.165) is 0 Å². The zero-order valence-electron chi connectivity index (χ0n) is 8.78. The van der Waals surface area contributed by atoms with E-state index >= 15 is 0 Å². The van der Waals surface area contributed by atoms with Crippen LogP contribution < -0.4 is 0 Å². The lowest BCUT2D eigenvalue weighted by Gasteiger charge is -2.05. The first-order chi connectivity index (χ1) is 6.74. The number of esters is 1. The number of methoxy groups -OCH3 is 1. The number of carbonyl (C=O) groups excluding carboxylic acids is 1. The van der Waals surface area contributed by atoms with Crippen molar-refractivity contribution >= 4 is 11.9 Å². The van der Waals surface area contributed by atoms with Crippen LogP contribution in [0.4, 0.5) is 0 Å². The maximum atomic E-state index is 10.8. The molecule has 1 atom stereocenters.